The van der Waals surface area contributed by atoms with Crippen LogP contribution in [0.25, 0.3) is 0 Å². The van der Waals surface area contributed by atoms with Crippen molar-refractivity contribution in [3.63, 3.8) is 0 Å². The maximum atomic E-state index is 12.0. The lowest BCUT2D eigenvalue weighted by atomic mass is 10.0. The summed E-state index contributed by atoms with van der Waals surface area (Å²) < 4.78 is 5.33. The molecule has 0 spiro atoms. The van der Waals surface area contributed by atoms with Crippen LogP contribution in [0.15, 0.2) is 4.99 Å². The molecule has 1 saturated heterocycles. The molecule has 0 aromatic carbocycles. The van der Waals surface area contributed by atoms with E-state index in [9.17, 15) is 9.59 Å². The van der Waals surface area contributed by atoms with Crippen molar-refractivity contribution in [3.8, 4) is 0 Å². The Hall–Kier alpha value is -1.35. The molecule has 0 saturated carbocycles. The Kier molecular flexibility index (Phi) is 4.70. The van der Waals surface area contributed by atoms with Crippen LogP contribution < -0.4 is 0 Å². The van der Waals surface area contributed by atoms with Gasteiger partial charge in [0.25, 0.3) is 0 Å². The summed E-state index contributed by atoms with van der Waals surface area (Å²) in [6.45, 7) is 6.52. The van der Waals surface area contributed by atoms with E-state index in [0.717, 1.165) is 19.3 Å². The largest absolute Gasteiger partial charge is 0.444 e. The molecule has 17 heavy (non-hydrogen) atoms. The Morgan fingerprint density at radius 1 is 1.47 bits per heavy atom. The van der Waals surface area contributed by atoms with E-state index in [4.69, 9.17) is 4.74 Å². The first-order valence-electron chi connectivity index (χ1n) is 5.97. The zero-order valence-electron chi connectivity index (χ0n) is 10.7. The Balaban J connectivity index is 2.63. The normalized spacial score (nSPS) is 20.6. The van der Waals surface area contributed by atoms with Crippen LogP contribution in [-0.4, -0.2) is 41.8 Å². The Morgan fingerprint density at radius 3 is 2.76 bits per heavy atom. The van der Waals surface area contributed by atoms with Crippen LogP contribution in [0.1, 0.15) is 40.0 Å². The van der Waals surface area contributed by atoms with Gasteiger partial charge in [-0.2, -0.15) is 0 Å². The summed E-state index contributed by atoms with van der Waals surface area (Å²) in [4.78, 5) is 27.3. The predicted octanol–water partition coefficient (Wildman–Crippen LogP) is 2.11. The minimum Gasteiger partial charge on any atom is -0.444 e. The molecule has 5 nitrogen and oxygen atoms in total. The van der Waals surface area contributed by atoms with Gasteiger partial charge < -0.3 is 9.64 Å². The third-order valence-corrected chi connectivity index (χ3v) is 2.62. The second-order valence-corrected chi connectivity index (χ2v) is 5.26. The van der Waals surface area contributed by atoms with Crippen LogP contribution in [0.5, 0.6) is 0 Å². The molecule has 1 aliphatic heterocycles. The van der Waals surface area contributed by atoms with E-state index in [1.54, 1.807) is 4.90 Å². The summed E-state index contributed by atoms with van der Waals surface area (Å²) in [6.07, 6.45) is 4.09. The number of piperidine rings is 1. The van der Waals surface area contributed by atoms with Gasteiger partial charge in [-0.15, -0.1) is 0 Å². The number of isocyanates is 1. The summed E-state index contributed by atoms with van der Waals surface area (Å²) >= 11 is 0. The van der Waals surface area contributed by atoms with Crippen LogP contribution in [0.3, 0.4) is 0 Å². The van der Waals surface area contributed by atoms with Crippen molar-refractivity contribution in [2.45, 2.75) is 51.7 Å². The van der Waals surface area contributed by atoms with Gasteiger partial charge in [-0.1, -0.05) is 0 Å². The van der Waals surface area contributed by atoms with E-state index in [2.05, 4.69) is 4.99 Å². The second-order valence-electron chi connectivity index (χ2n) is 5.26. The number of ether oxygens (including phenoxy) is 1. The number of aliphatic imine (C=N–C) groups is 1. The Morgan fingerprint density at radius 2 is 2.18 bits per heavy atom. The summed E-state index contributed by atoms with van der Waals surface area (Å²) in [5.41, 5.74) is -0.493. The zero-order valence-corrected chi connectivity index (χ0v) is 10.7. The summed E-state index contributed by atoms with van der Waals surface area (Å²) in [5.74, 6) is 0. The second kappa shape index (κ2) is 5.82. The number of rotatable bonds is 2. The summed E-state index contributed by atoms with van der Waals surface area (Å²) in [7, 11) is 0. The fourth-order valence-corrected chi connectivity index (χ4v) is 1.89. The molecule has 1 atom stereocenters. The fourth-order valence-electron chi connectivity index (χ4n) is 1.89. The van der Waals surface area contributed by atoms with Crippen molar-refractivity contribution < 1.29 is 14.3 Å². The van der Waals surface area contributed by atoms with Gasteiger partial charge in [-0.05, 0) is 40.0 Å². The van der Waals surface area contributed by atoms with Crippen molar-refractivity contribution >= 4 is 12.2 Å². The average Bonchev–Trinajstić information content (AvgIpc) is 2.24. The van der Waals surface area contributed by atoms with Crippen LogP contribution >= 0.6 is 0 Å². The van der Waals surface area contributed by atoms with Gasteiger partial charge >= 0.3 is 6.09 Å². The smallest absolute Gasteiger partial charge is 0.410 e. The zero-order chi connectivity index (χ0) is 12.9. The Bertz CT molecular complexity index is 316. The third-order valence-electron chi connectivity index (χ3n) is 2.62. The van der Waals surface area contributed by atoms with Crippen LogP contribution in [0.2, 0.25) is 0 Å². The SMILES string of the molecule is CC(C)(C)OC(=O)N1CCCC[C@@H]1CN=C=O. The molecule has 0 aromatic heterocycles. The molecule has 1 heterocycles. The fraction of sp³-hybridized carbons (Fsp3) is 0.833. The van der Waals surface area contributed by atoms with Crippen molar-refractivity contribution in [2.75, 3.05) is 13.1 Å². The summed E-state index contributed by atoms with van der Waals surface area (Å²) in [6, 6.07) is -0.0277. The van der Waals surface area contributed by atoms with E-state index in [1.165, 1.54) is 6.08 Å². The first-order chi connectivity index (χ1) is 7.94. The monoisotopic (exact) mass is 240 g/mol. The van der Waals surface area contributed by atoms with E-state index < -0.39 is 5.60 Å². The highest BCUT2D eigenvalue weighted by Gasteiger charge is 2.30. The number of hydrogen-bond acceptors (Lipinski definition) is 4. The first kappa shape index (κ1) is 13.7. The molecule has 0 bridgehead atoms. The minimum absolute atomic E-state index is 0.0277. The number of carbonyl (C=O) groups is 1. The van der Waals surface area contributed by atoms with Gasteiger partial charge in [0.1, 0.15) is 5.60 Å². The molecule has 5 heteroatoms. The molecule has 1 amide bonds. The molecule has 0 N–H and O–H groups in total. The summed E-state index contributed by atoms with van der Waals surface area (Å²) in [5, 5.41) is 0. The number of amides is 1. The first-order valence-corrected chi connectivity index (χ1v) is 5.97. The molecule has 1 rings (SSSR count). The van der Waals surface area contributed by atoms with Crippen molar-refractivity contribution in [3.05, 3.63) is 0 Å². The van der Waals surface area contributed by atoms with Crippen LogP contribution in [-0.2, 0) is 9.53 Å². The van der Waals surface area contributed by atoms with E-state index in [-0.39, 0.29) is 12.1 Å². The molecule has 0 radical (unpaired) electrons. The van der Waals surface area contributed by atoms with Crippen molar-refractivity contribution in [1.82, 2.24) is 4.90 Å². The van der Waals surface area contributed by atoms with Gasteiger partial charge in [0.15, 0.2) is 0 Å². The van der Waals surface area contributed by atoms with Crippen LogP contribution in [0, 0.1) is 0 Å². The van der Waals surface area contributed by atoms with E-state index in [0.29, 0.717) is 13.1 Å². The maximum Gasteiger partial charge on any atom is 0.410 e. The number of hydrogen-bond donors (Lipinski definition) is 0. The van der Waals surface area contributed by atoms with Crippen molar-refractivity contribution in [2.24, 2.45) is 4.99 Å². The minimum atomic E-state index is -0.493. The number of likely N-dealkylation sites (tertiary alicyclic amines) is 1. The highest BCUT2D eigenvalue weighted by atomic mass is 16.6. The number of carbonyl (C=O) groups excluding carboxylic acids is 2. The van der Waals surface area contributed by atoms with Gasteiger partial charge in [0, 0.05) is 6.54 Å². The molecule has 0 unspecified atom stereocenters. The topological polar surface area (TPSA) is 59.0 Å². The van der Waals surface area contributed by atoms with E-state index in [1.807, 2.05) is 20.8 Å². The van der Waals surface area contributed by atoms with Gasteiger partial charge in [-0.3, -0.25) is 0 Å². The van der Waals surface area contributed by atoms with Crippen molar-refractivity contribution in [1.29, 1.82) is 0 Å². The van der Waals surface area contributed by atoms with Crippen LogP contribution in [0.4, 0.5) is 4.79 Å². The lowest BCUT2D eigenvalue weighted by Crippen LogP contribution is -2.47. The highest BCUT2D eigenvalue weighted by Crippen LogP contribution is 2.20. The maximum absolute atomic E-state index is 12.0. The Labute approximate surface area is 102 Å². The highest BCUT2D eigenvalue weighted by molar-refractivity contribution is 5.68. The molecule has 0 aromatic rings. The third kappa shape index (κ3) is 4.57. The quantitative estimate of drug-likeness (QED) is 0.548. The average molecular weight is 240 g/mol. The number of nitrogens with zero attached hydrogens (tertiary/aromatic N) is 2. The molecule has 96 valence electrons. The molecule has 1 aliphatic rings. The standard InChI is InChI=1S/C12H20N2O3/c1-12(2,3)17-11(16)14-7-5-4-6-10(14)8-13-9-15/h10H,4-8H2,1-3H3/t10-/m1/s1. The van der Waals surface area contributed by atoms with E-state index >= 15 is 0 Å². The molecule has 1 fully saturated rings. The lowest BCUT2D eigenvalue weighted by molar-refractivity contribution is 0.0110. The van der Waals surface area contributed by atoms with Gasteiger partial charge in [0.2, 0.25) is 6.08 Å². The van der Waals surface area contributed by atoms with Gasteiger partial charge in [0.05, 0.1) is 12.6 Å². The predicted molar refractivity (Wildman–Crippen MR) is 63.6 cm³/mol. The molecular formula is C12H20N2O3. The lowest BCUT2D eigenvalue weighted by Gasteiger charge is -2.35. The van der Waals surface area contributed by atoms with Gasteiger partial charge in [-0.25, -0.2) is 14.6 Å². The molecular weight excluding hydrogens is 220 g/mol. The molecule has 0 aliphatic carbocycles.